The molecule has 20 rings (SSSR count). The maximum absolute atomic E-state index is 5.08. The van der Waals surface area contributed by atoms with Gasteiger partial charge in [-0.3, -0.25) is 39.9 Å². The SMILES string of the molecule is C[N+]1=C=[N+](C2(c3[c-]c(C4(c5cc[n-]n5)c5ncccc5-c5cccnc54)ccc3)c3ncccc3-c3cccnc32)c2ncccc21.C[N+]1=C=[N+](C2(c3[c-]c(C4(c5cc[n-]n5)c5ncccc5-c5cccnc54)ccc3)c3ncccc3-c3cccnc32)c2ncccc21.[Pt+2].[Pt+2]. The summed E-state index contributed by atoms with van der Waals surface area (Å²) in [6.45, 7) is 0. The van der Waals surface area contributed by atoms with Crippen molar-refractivity contribution >= 4 is 35.0 Å². The number of aromatic nitrogens is 14. The third kappa shape index (κ3) is 7.60. The fourth-order valence-corrected chi connectivity index (χ4v) is 15.5. The van der Waals surface area contributed by atoms with Crippen molar-refractivity contribution in [3.63, 3.8) is 0 Å². The molecule has 0 N–H and O–H groups in total. The molecule has 0 radical (unpaired) electrons. The van der Waals surface area contributed by atoms with Gasteiger partial charge >= 0.3 is 77.2 Å². The second-order valence-corrected chi connectivity index (χ2v) is 23.6. The van der Waals surface area contributed by atoms with E-state index in [9.17, 15) is 0 Å². The van der Waals surface area contributed by atoms with Crippen LogP contribution >= 0.6 is 0 Å². The maximum Gasteiger partial charge on any atom is 2.00 e. The fourth-order valence-electron chi connectivity index (χ4n) is 15.5. The van der Waals surface area contributed by atoms with E-state index in [0.717, 1.165) is 147 Å². The zero-order valence-electron chi connectivity index (χ0n) is 50.8. The van der Waals surface area contributed by atoms with Gasteiger partial charge in [-0.2, -0.15) is 70.9 Å². The zero-order valence-corrected chi connectivity index (χ0v) is 55.3. The molecule has 0 bridgehead atoms. The molecule has 0 fully saturated rings. The van der Waals surface area contributed by atoms with Crippen molar-refractivity contribution in [3.05, 3.63) is 336 Å². The summed E-state index contributed by atoms with van der Waals surface area (Å²) in [7, 11) is 3.96. The summed E-state index contributed by atoms with van der Waals surface area (Å²) in [5.41, 5.74) is 17.3. The quantitative estimate of drug-likeness (QED) is 0.103. The number of hydrogen-bond donors (Lipinski definition) is 0. The van der Waals surface area contributed by atoms with Crippen LogP contribution in [0.3, 0.4) is 0 Å². The largest absolute Gasteiger partial charge is 2.00 e. The summed E-state index contributed by atoms with van der Waals surface area (Å²) >= 11 is 0. The predicted octanol–water partition coefficient (Wildman–Crippen LogP) is 10.5. The van der Waals surface area contributed by atoms with Crippen molar-refractivity contribution in [2.75, 3.05) is 14.1 Å². The number of rotatable bonds is 8. The zero-order chi connectivity index (χ0) is 62.3. The molecule has 0 unspecified atom stereocenters. The summed E-state index contributed by atoms with van der Waals surface area (Å²) in [5, 5.41) is 17.9. The van der Waals surface area contributed by atoms with Gasteiger partial charge in [-0.05, 0) is 69.8 Å². The van der Waals surface area contributed by atoms with Crippen LogP contribution in [0.1, 0.15) is 79.2 Å². The molecule has 20 heteroatoms. The number of benzene rings is 2. The first-order valence-corrected chi connectivity index (χ1v) is 30.6. The molecule has 14 aromatic rings. The number of hydrogen-bond acceptors (Lipinski definition) is 12. The van der Waals surface area contributed by atoms with E-state index in [1.807, 2.05) is 158 Å². The second-order valence-electron chi connectivity index (χ2n) is 23.6. The van der Waals surface area contributed by atoms with Crippen LogP contribution in [0.2, 0.25) is 0 Å². The molecular formula is C76H46N18Pt2+4. The minimum Gasteiger partial charge on any atom is -0.581 e. The van der Waals surface area contributed by atoms with E-state index >= 15 is 0 Å². The Labute approximate surface area is 577 Å². The number of fused-ring (bicyclic) bond motifs is 14. The molecule has 0 saturated carbocycles. The monoisotopic (exact) mass is 1600 g/mol. The summed E-state index contributed by atoms with van der Waals surface area (Å²) in [6.07, 6.45) is 21.7. The average molecular weight is 1600 g/mol. The van der Waals surface area contributed by atoms with Gasteiger partial charge in [-0.1, -0.05) is 80.9 Å². The third-order valence-electron chi connectivity index (χ3n) is 19.1. The van der Waals surface area contributed by atoms with Crippen molar-refractivity contribution < 1.29 is 60.4 Å². The van der Waals surface area contributed by atoms with Crippen LogP contribution in [0.5, 0.6) is 0 Å². The molecule has 0 spiro atoms. The van der Waals surface area contributed by atoms with Crippen LogP contribution in [-0.2, 0) is 64.0 Å². The molecule has 14 heterocycles. The van der Waals surface area contributed by atoms with Crippen molar-refractivity contribution in [2.24, 2.45) is 0 Å². The third-order valence-corrected chi connectivity index (χ3v) is 19.1. The van der Waals surface area contributed by atoms with Crippen molar-refractivity contribution in [2.45, 2.75) is 21.9 Å². The van der Waals surface area contributed by atoms with Gasteiger partial charge in [-0.25, -0.2) is 0 Å². The van der Waals surface area contributed by atoms with Crippen LogP contribution in [0, 0.1) is 12.1 Å². The standard InChI is InChI=1S/2C38H23N9.2Pt/c2*1-46-23-47(36-30(46)14-7-20-43-36)38(34-28(12-5-18-41-34)29-13-6-19-42-35(29)38)25-9-2-8-24(22-25)37(31-15-21-44-45-31)32-26(10-3-16-39-32)27-11-4-17-40-33(27)37;;/h2*2-21H,1H3;;/q;;2*+2. The summed E-state index contributed by atoms with van der Waals surface area (Å²) < 4.78 is 8.08. The number of nitrogens with zero attached hydrogens (tertiary/aromatic N) is 18. The summed E-state index contributed by atoms with van der Waals surface area (Å²) in [4.78, 5) is 50.1. The molecule has 4 aliphatic carbocycles. The molecule has 2 aliphatic heterocycles. The van der Waals surface area contributed by atoms with E-state index in [4.69, 9.17) is 49.8 Å². The molecule has 96 heavy (non-hydrogen) atoms. The maximum atomic E-state index is 5.08. The van der Waals surface area contributed by atoms with Gasteiger partial charge < -0.3 is 20.4 Å². The van der Waals surface area contributed by atoms with Crippen LogP contribution in [0.25, 0.3) is 44.5 Å². The van der Waals surface area contributed by atoms with Crippen molar-refractivity contribution in [1.29, 1.82) is 0 Å². The minimum absolute atomic E-state index is 0. The van der Waals surface area contributed by atoms with Crippen LogP contribution in [0.4, 0.5) is 23.0 Å². The molecule has 18 nitrogen and oxygen atoms in total. The molecule has 0 saturated heterocycles. The Kier molecular flexibility index (Phi) is 13.4. The molecule has 12 aromatic heterocycles. The first-order chi connectivity index (χ1) is 46.5. The topological polar surface area (TPSA) is 195 Å². The van der Waals surface area contributed by atoms with E-state index in [0.29, 0.717) is 0 Å². The van der Waals surface area contributed by atoms with Crippen molar-refractivity contribution in [1.82, 2.24) is 70.2 Å². The van der Waals surface area contributed by atoms with Crippen LogP contribution < -0.4 is 10.2 Å². The minimum atomic E-state index is -1.06. The Morgan fingerprint density at radius 3 is 0.885 bits per heavy atom. The van der Waals surface area contributed by atoms with Gasteiger partial charge in [0.15, 0.2) is 14.1 Å². The first kappa shape index (κ1) is 58.3. The van der Waals surface area contributed by atoms with Gasteiger partial charge in [0, 0.05) is 130 Å². The Morgan fingerprint density at radius 2 is 0.583 bits per heavy atom. The Morgan fingerprint density at radius 1 is 0.312 bits per heavy atom. The normalized spacial score (nSPS) is 15.3. The molecule has 6 aliphatic rings. The molecule has 2 aromatic carbocycles. The van der Waals surface area contributed by atoms with E-state index in [1.54, 1.807) is 24.8 Å². The van der Waals surface area contributed by atoms with Gasteiger partial charge in [0.25, 0.3) is 11.1 Å². The predicted molar refractivity (Wildman–Crippen MR) is 343 cm³/mol. The average Bonchev–Trinajstić information content (AvgIpc) is 1.53. The van der Waals surface area contributed by atoms with Crippen LogP contribution in [0.15, 0.2) is 244 Å². The van der Waals surface area contributed by atoms with Gasteiger partial charge in [0.2, 0.25) is 0 Å². The summed E-state index contributed by atoms with van der Waals surface area (Å²) in [5.74, 6) is 1.50. The van der Waals surface area contributed by atoms with Crippen LogP contribution in [-0.4, -0.2) is 104 Å². The Balaban J connectivity index is 0.000000142. The second kappa shape index (κ2) is 22.1. The first-order valence-electron chi connectivity index (χ1n) is 30.6. The van der Waals surface area contributed by atoms with Gasteiger partial charge in [0.05, 0.1) is 33.6 Å². The summed E-state index contributed by atoms with van der Waals surface area (Å²) in [6, 6.07) is 71.9. The van der Waals surface area contributed by atoms with E-state index in [1.165, 1.54) is 0 Å². The van der Waals surface area contributed by atoms with E-state index < -0.39 is 21.9 Å². The molecule has 0 atom stereocenters. The molecule has 456 valence electrons. The van der Waals surface area contributed by atoms with Gasteiger partial charge in [0.1, 0.15) is 22.8 Å². The Bertz CT molecular complexity index is 5170. The van der Waals surface area contributed by atoms with Gasteiger partial charge in [-0.15, -0.1) is 11.1 Å². The van der Waals surface area contributed by atoms with Crippen molar-refractivity contribution in [3.8, 4) is 44.5 Å². The molecule has 0 amide bonds. The fraction of sp³-hybridized carbons (Fsp3) is 0.0789. The van der Waals surface area contributed by atoms with E-state index in [2.05, 4.69) is 139 Å². The Hall–Kier alpha value is -11.5. The smallest absolute Gasteiger partial charge is 0.581 e. The number of pyridine rings is 10. The van der Waals surface area contributed by atoms with E-state index in [-0.39, 0.29) is 42.1 Å². The molecular weight excluding hydrogens is 1560 g/mol.